The maximum atomic E-state index is 13.4. The molecule has 186 valence electrons. The molecule has 3 amide bonds. The number of hydrogen-bond donors (Lipinski definition) is 1. The van der Waals surface area contributed by atoms with E-state index in [1.165, 1.54) is 7.11 Å². The first-order valence-electron chi connectivity index (χ1n) is 10.3. The summed E-state index contributed by atoms with van der Waals surface area (Å²) >= 11 is 8.42. The van der Waals surface area contributed by atoms with Crippen LogP contribution in [0.3, 0.4) is 0 Å². The molecule has 1 atom stereocenters. The first-order chi connectivity index (χ1) is 16.5. The number of amides is 3. The van der Waals surface area contributed by atoms with Gasteiger partial charge in [0.15, 0.2) is 6.61 Å². The van der Waals surface area contributed by atoms with E-state index in [0.717, 1.165) is 12.0 Å². The molecule has 0 fully saturated rings. The van der Waals surface area contributed by atoms with Crippen LogP contribution in [-0.4, -0.2) is 48.3 Å². The van der Waals surface area contributed by atoms with E-state index in [4.69, 9.17) is 9.47 Å². The van der Waals surface area contributed by atoms with E-state index in [2.05, 4.69) is 95.7 Å². The number of anilines is 1. The van der Waals surface area contributed by atoms with Gasteiger partial charge in [-0.1, -0.05) is 26.0 Å². The first-order valence-corrected chi connectivity index (χ1v) is 14.6. The smallest absolute Gasteiger partial charge is 0.329 e. The Morgan fingerprint density at radius 2 is 1.49 bits per heavy atom. The van der Waals surface area contributed by atoms with Crippen molar-refractivity contribution in [2.75, 3.05) is 19.0 Å². The van der Waals surface area contributed by atoms with E-state index in [1.54, 1.807) is 24.3 Å². The number of esters is 1. The number of ether oxygens (including phenoxy) is 2. The minimum absolute atomic E-state index is 0.0160. The molecule has 0 unspecified atom stereocenters. The zero-order valence-corrected chi connectivity index (χ0v) is 27.4. The standard InChI is InChI=1S/C23H20I4N2O6/c1-10(2)8-12(23(33)35-9-14(30)28-11-6-4-5-7-13(11)34-3)29-21(31)15-16(22(29)32)18(25)20(27)19(26)17(15)24/h4-7,10,12H,8-9H2,1-3H3,(H,28,30)/t12-/m0/s1. The third kappa shape index (κ3) is 6.05. The highest BCUT2D eigenvalue weighted by atomic mass is 127. The highest BCUT2D eigenvalue weighted by Crippen LogP contribution is 2.39. The van der Waals surface area contributed by atoms with E-state index in [-0.39, 0.29) is 12.3 Å². The number of carbonyl (C=O) groups is 4. The van der Waals surface area contributed by atoms with Gasteiger partial charge in [0, 0.05) is 14.3 Å². The van der Waals surface area contributed by atoms with E-state index < -0.39 is 36.3 Å². The Bertz CT molecular complexity index is 1170. The molecule has 12 heteroatoms. The Morgan fingerprint density at radius 3 is 2.00 bits per heavy atom. The quantitative estimate of drug-likeness (QED) is 0.127. The van der Waals surface area contributed by atoms with Crippen molar-refractivity contribution in [3.63, 3.8) is 0 Å². The molecule has 0 aliphatic carbocycles. The third-order valence-electron chi connectivity index (χ3n) is 5.14. The van der Waals surface area contributed by atoms with Crippen molar-refractivity contribution in [2.45, 2.75) is 26.3 Å². The van der Waals surface area contributed by atoms with Gasteiger partial charge in [-0.05, 0) is 115 Å². The predicted molar refractivity (Wildman–Crippen MR) is 164 cm³/mol. The average molecular weight is 928 g/mol. The number of nitrogens with zero attached hydrogens (tertiary/aromatic N) is 1. The fourth-order valence-electron chi connectivity index (χ4n) is 3.57. The number of imide groups is 1. The Hall–Kier alpha value is -0.760. The van der Waals surface area contributed by atoms with Crippen LogP contribution < -0.4 is 10.1 Å². The van der Waals surface area contributed by atoms with Crippen LogP contribution in [0.15, 0.2) is 24.3 Å². The molecule has 0 bridgehead atoms. The number of halogens is 4. The lowest BCUT2D eigenvalue weighted by Crippen LogP contribution is -2.47. The molecule has 1 aliphatic heterocycles. The molecule has 0 saturated carbocycles. The largest absolute Gasteiger partial charge is 0.495 e. The van der Waals surface area contributed by atoms with Gasteiger partial charge in [-0.15, -0.1) is 0 Å². The maximum Gasteiger partial charge on any atom is 0.329 e. The van der Waals surface area contributed by atoms with Gasteiger partial charge in [0.1, 0.15) is 11.8 Å². The van der Waals surface area contributed by atoms with E-state index in [0.29, 0.717) is 29.7 Å². The second-order valence-corrected chi connectivity index (χ2v) is 12.3. The summed E-state index contributed by atoms with van der Waals surface area (Å²) in [5, 5.41) is 2.63. The molecule has 35 heavy (non-hydrogen) atoms. The number of nitrogens with one attached hydrogen (secondary N) is 1. The number of benzene rings is 2. The highest BCUT2D eigenvalue weighted by Gasteiger charge is 2.47. The van der Waals surface area contributed by atoms with Crippen molar-refractivity contribution in [3.8, 4) is 5.75 Å². The molecule has 0 saturated heterocycles. The summed E-state index contributed by atoms with van der Waals surface area (Å²) in [6.07, 6.45) is 0.208. The Morgan fingerprint density at radius 1 is 0.943 bits per heavy atom. The molecular formula is C23H20I4N2O6. The van der Waals surface area contributed by atoms with Crippen LogP contribution in [0.1, 0.15) is 41.0 Å². The number of fused-ring (bicyclic) bond motifs is 1. The van der Waals surface area contributed by atoms with Gasteiger partial charge in [0.2, 0.25) is 0 Å². The van der Waals surface area contributed by atoms with Gasteiger partial charge in [-0.2, -0.15) is 0 Å². The minimum atomic E-state index is -1.15. The van der Waals surface area contributed by atoms with Crippen LogP contribution in [0.5, 0.6) is 5.75 Å². The number of carbonyl (C=O) groups excluding carboxylic acids is 4. The maximum absolute atomic E-state index is 13.4. The van der Waals surface area contributed by atoms with Crippen LogP contribution in [0.2, 0.25) is 0 Å². The van der Waals surface area contributed by atoms with Crippen LogP contribution in [0, 0.1) is 20.2 Å². The van der Waals surface area contributed by atoms with Crippen molar-refractivity contribution in [2.24, 2.45) is 5.92 Å². The van der Waals surface area contributed by atoms with E-state index in [9.17, 15) is 19.2 Å². The average Bonchev–Trinajstić information content (AvgIpc) is 3.08. The van der Waals surface area contributed by atoms with Gasteiger partial charge < -0.3 is 14.8 Å². The van der Waals surface area contributed by atoms with Gasteiger partial charge in [-0.25, -0.2) is 4.79 Å². The third-order valence-corrected chi connectivity index (χ3v) is 12.5. The fourth-order valence-corrected chi connectivity index (χ4v) is 7.22. The second kappa shape index (κ2) is 12.2. The van der Waals surface area contributed by atoms with Gasteiger partial charge in [0.05, 0.1) is 23.9 Å². The lowest BCUT2D eigenvalue weighted by Gasteiger charge is -2.26. The van der Waals surface area contributed by atoms with E-state index in [1.807, 2.05) is 13.8 Å². The molecule has 0 spiro atoms. The van der Waals surface area contributed by atoms with Gasteiger partial charge in [-0.3, -0.25) is 19.3 Å². The molecular weight excluding hydrogens is 908 g/mol. The second-order valence-electron chi connectivity index (χ2n) is 7.99. The summed E-state index contributed by atoms with van der Waals surface area (Å²) in [6.45, 7) is 3.19. The molecule has 1 aliphatic rings. The van der Waals surface area contributed by atoms with Crippen molar-refractivity contribution < 1.29 is 28.7 Å². The van der Waals surface area contributed by atoms with Crippen LogP contribution in [-0.2, 0) is 14.3 Å². The van der Waals surface area contributed by atoms with Crippen molar-refractivity contribution >= 4 is 120 Å². The summed E-state index contributed by atoms with van der Waals surface area (Å²) in [6, 6.07) is 5.69. The predicted octanol–water partition coefficient (Wildman–Crippen LogP) is 5.31. The van der Waals surface area contributed by atoms with Crippen LogP contribution >= 0.6 is 90.4 Å². The Labute approximate surface area is 257 Å². The molecule has 1 N–H and O–H groups in total. The molecule has 3 rings (SSSR count). The molecule has 0 radical (unpaired) electrons. The molecule has 2 aromatic rings. The van der Waals surface area contributed by atoms with Crippen molar-refractivity contribution in [3.05, 3.63) is 49.7 Å². The normalized spacial score (nSPS) is 13.7. The molecule has 2 aromatic carbocycles. The zero-order chi connectivity index (χ0) is 26.0. The zero-order valence-electron chi connectivity index (χ0n) is 18.8. The van der Waals surface area contributed by atoms with Gasteiger partial charge >= 0.3 is 5.97 Å². The van der Waals surface area contributed by atoms with Crippen molar-refractivity contribution in [1.29, 1.82) is 0 Å². The first kappa shape index (κ1) is 28.8. The lowest BCUT2D eigenvalue weighted by atomic mass is 10.0. The molecule has 8 nitrogen and oxygen atoms in total. The SMILES string of the molecule is COc1ccccc1NC(=O)COC(=O)[C@H](CC(C)C)N1C(=O)c2c(I)c(I)c(I)c(I)c2C1=O. The van der Waals surface area contributed by atoms with Gasteiger partial charge in [0.25, 0.3) is 17.7 Å². The number of rotatable bonds is 8. The topological polar surface area (TPSA) is 102 Å². The number of para-hydroxylation sites is 2. The Kier molecular flexibility index (Phi) is 10.0. The summed E-state index contributed by atoms with van der Waals surface area (Å²) in [4.78, 5) is 53.3. The summed E-state index contributed by atoms with van der Waals surface area (Å²) in [5.74, 6) is -1.98. The number of hydrogen-bond acceptors (Lipinski definition) is 6. The lowest BCUT2D eigenvalue weighted by molar-refractivity contribution is -0.151. The fraction of sp³-hybridized carbons (Fsp3) is 0.304. The van der Waals surface area contributed by atoms with Crippen LogP contribution in [0.4, 0.5) is 5.69 Å². The minimum Gasteiger partial charge on any atom is -0.495 e. The number of methoxy groups -OCH3 is 1. The summed E-state index contributed by atoms with van der Waals surface area (Å²) < 4.78 is 13.6. The molecule has 0 aromatic heterocycles. The summed E-state index contributed by atoms with van der Waals surface area (Å²) in [5.41, 5.74) is 1.05. The van der Waals surface area contributed by atoms with Crippen LogP contribution in [0.25, 0.3) is 0 Å². The molecule has 1 heterocycles. The monoisotopic (exact) mass is 928 g/mol. The van der Waals surface area contributed by atoms with E-state index >= 15 is 0 Å². The highest BCUT2D eigenvalue weighted by molar-refractivity contribution is 14.1. The summed E-state index contributed by atoms with van der Waals surface area (Å²) in [7, 11) is 1.48. The Balaban J connectivity index is 1.82. The van der Waals surface area contributed by atoms with Crippen molar-refractivity contribution in [1.82, 2.24) is 4.90 Å².